The van der Waals surface area contributed by atoms with E-state index in [1.807, 2.05) is 26.0 Å². The van der Waals surface area contributed by atoms with E-state index in [1.165, 1.54) is 6.07 Å². The third-order valence-corrected chi connectivity index (χ3v) is 4.93. The van der Waals surface area contributed by atoms with Crippen LogP contribution in [0.25, 0.3) is 6.08 Å². The molecule has 0 unspecified atom stereocenters. The molecule has 0 aliphatic carbocycles. The molecule has 1 N–H and O–H groups in total. The van der Waals surface area contributed by atoms with Gasteiger partial charge in [0.05, 0.1) is 0 Å². The number of fused-ring (bicyclic) bond motifs is 1. The van der Waals surface area contributed by atoms with E-state index in [4.69, 9.17) is 0 Å². The molecule has 0 fully saturated rings. The molecule has 148 valence electrons. The number of benzene rings is 2. The number of anilines is 2. The van der Waals surface area contributed by atoms with Crippen molar-refractivity contribution in [1.29, 1.82) is 0 Å². The molecular weight excluding hydrogens is 351 g/mol. The zero-order chi connectivity index (χ0) is 20.5. The molecule has 2 aromatic rings. The van der Waals surface area contributed by atoms with Crippen LogP contribution >= 0.6 is 0 Å². The van der Waals surface area contributed by atoms with Gasteiger partial charge >= 0.3 is 0 Å². The highest BCUT2D eigenvalue weighted by Crippen LogP contribution is 2.30. The Morgan fingerprint density at radius 2 is 1.82 bits per heavy atom. The van der Waals surface area contributed by atoms with E-state index in [2.05, 4.69) is 49.2 Å². The quantitative estimate of drug-likeness (QED) is 0.724. The average Bonchev–Trinajstić information content (AvgIpc) is 2.78. The molecule has 4 heteroatoms. The summed E-state index contributed by atoms with van der Waals surface area (Å²) < 4.78 is 13.5. The highest BCUT2D eigenvalue weighted by atomic mass is 19.1. The lowest BCUT2D eigenvalue weighted by molar-refractivity contribution is -0.117. The van der Waals surface area contributed by atoms with Crippen molar-refractivity contribution in [3.8, 4) is 0 Å². The lowest BCUT2D eigenvalue weighted by atomic mass is 9.92. The largest absolute Gasteiger partial charge is 0.363 e. The molecule has 2 aromatic carbocycles. The van der Waals surface area contributed by atoms with Gasteiger partial charge in [-0.15, -0.1) is 0 Å². The van der Waals surface area contributed by atoms with E-state index < -0.39 is 0 Å². The van der Waals surface area contributed by atoms with Crippen molar-refractivity contribution in [2.75, 3.05) is 16.8 Å². The Morgan fingerprint density at radius 1 is 1.14 bits per heavy atom. The lowest BCUT2D eigenvalue weighted by Gasteiger charge is -2.25. The highest BCUT2D eigenvalue weighted by Gasteiger charge is 2.19. The highest BCUT2D eigenvalue weighted by molar-refractivity contribution is 5.93. The van der Waals surface area contributed by atoms with Crippen molar-refractivity contribution in [2.24, 2.45) is 5.41 Å². The second-order valence-electron chi connectivity index (χ2n) is 8.87. The molecule has 0 saturated heterocycles. The maximum atomic E-state index is 13.5. The van der Waals surface area contributed by atoms with Crippen LogP contribution in [-0.4, -0.2) is 12.5 Å². The molecule has 3 nitrogen and oxygen atoms in total. The molecule has 1 amide bonds. The zero-order valence-corrected chi connectivity index (χ0v) is 17.4. The Labute approximate surface area is 167 Å². The Morgan fingerprint density at radius 3 is 2.46 bits per heavy atom. The van der Waals surface area contributed by atoms with Gasteiger partial charge in [0.1, 0.15) is 5.82 Å². The fourth-order valence-electron chi connectivity index (χ4n) is 3.62. The van der Waals surface area contributed by atoms with Crippen LogP contribution in [0.1, 0.15) is 49.4 Å². The topological polar surface area (TPSA) is 32.3 Å². The first-order valence-corrected chi connectivity index (χ1v) is 9.73. The van der Waals surface area contributed by atoms with Crippen LogP contribution in [0.15, 0.2) is 36.4 Å². The molecule has 28 heavy (non-hydrogen) atoms. The summed E-state index contributed by atoms with van der Waals surface area (Å²) in [6.45, 7) is 11.7. The third kappa shape index (κ3) is 4.80. The molecule has 0 atom stereocenters. The summed E-state index contributed by atoms with van der Waals surface area (Å²) in [6.07, 6.45) is 4.53. The molecule has 0 radical (unpaired) electrons. The molecule has 0 spiro atoms. The SMILES string of the molecule is Cc1cc(N2CC=Cc3cc(F)ccc3C2)cc(C)c1NC(=O)CC(C)(C)C. The number of amides is 1. The summed E-state index contributed by atoms with van der Waals surface area (Å²) in [5.41, 5.74) is 6.08. The van der Waals surface area contributed by atoms with Gasteiger partial charge < -0.3 is 10.2 Å². The first-order valence-electron chi connectivity index (χ1n) is 9.73. The summed E-state index contributed by atoms with van der Waals surface area (Å²) in [5, 5.41) is 3.09. The summed E-state index contributed by atoms with van der Waals surface area (Å²) >= 11 is 0. The van der Waals surface area contributed by atoms with Gasteiger partial charge in [0.2, 0.25) is 5.91 Å². The van der Waals surface area contributed by atoms with Gasteiger partial charge in [-0.25, -0.2) is 4.39 Å². The van der Waals surface area contributed by atoms with Gasteiger partial charge in [0.15, 0.2) is 0 Å². The first-order chi connectivity index (χ1) is 13.1. The Kier molecular flexibility index (Phi) is 5.59. The monoisotopic (exact) mass is 380 g/mol. The lowest BCUT2D eigenvalue weighted by Crippen LogP contribution is -2.23. The molecule has 0 saturated carbocycles. The first kappa shape index (κ1) is 20.1. The molecule has 1 aliphatic heterocycles. The number of halogens is 1. The van der Waals surface area contributed by atoms with Crippen LogP contribution < -0.4 is 10.2 Å². The van der Waals surface area contributed by atoms with E-state index in [1.54, 1.807) is 6.07 Å². The normalized spacial score (nSPS) is 13.9. The number of carbonyl (C=O) groups is 1. The second kappa shape index (κ2) is 7.78. The van der Waals surface area contributed by atoms with Crippen LogP contribution in [0, 0.1) is 25.1 Å². The van der Waals surface area contributed by atoms with Crippen molar-refractivity contribution < 1.29 is 9.18 Å². The molecule has 3 rings (SSSR count). The van der Waals surface area contributed by atoms with Crippen LogP contribution in [0.3, 0.4) is 0 Å². The Balaban J connectivity index is 1.83. The van der Waals surface area contributed by atoms with E-state index in [9.17, 15) is 9.18 Å². The number of nitrogens with one attached hydrogen (secondary N) is 1. The van der Waals surface area contributed by atoms with Crippen LogP contribution in [0.2, 0.25) is 0 Å². The molecule has 1 heterocycles. The molecule has 0 aromatic heterocycles. The zero-order valence-electron chi connectivity index (χ0n) is 17.4. The minimum atomic E-state index is -0.209. The summed E-state index contributed by atoms with van der Waals surface area (Å²) in [7, 11) is 0. The average molecular weight is 381 g/mol. The smallest absolute Gasteiger partial charge is 0.224 e. The van der Waals surface area contributed by atoms with E-state index in [0.717, 1.165) is 46.7 Å². The maximum Gasteiger partial charge on any atom is 0.224 e. The van der Waals surface area contributed by atoms with Crippen molar-refractivity contribution in [3.63, 3.8) is 0 Å². The van der Waals surface area contributed by atoms with Gasteiger partial charge in [-0.3, -0.25) is 4.79 Å². The summed E-state index contributed by atoms with van der Waals surface area (Å²) in [6, 6.07) is 9.18. The predicted octanol–water partition coefficient (Wildman–Crippen LogP) is 5.85. The van der Waals surface area contributed by atoms with Crippen molar-refractivity contribution in [1.82, 2.24) is 0 Å². The Hall–Kier alpha value is -2.62. The van der Waals surface area contributed by atoms with Gasteiger partial charge in [0.25, 0.3) is 0 Å². The predicted molar refractivity (Wildman–Crippen MR) is 115 cm³/mol. The standard InChI is InChI=1S/C24H29FN2O/c1-16-11-21(12-17(2)23(16)26-22(28)14-24(3,4)5)27-10-6-7-18-13-20(25)9-8-19(18)15-27/h6-9,11-13H,10,14-15H2,1-5H3,(H,26,28). The second-order valence-corrected chi connectivity index (χ2v) is 8.87. The third-order valence-electron chi connectivity index (χ3n) is 4.93. The summed E-state index contributed by atoms with van der Waals surface area (Å²) in [5.74, 6) is -0.168. The van der Waals surface area contributed by atoms with Crippen molar-refractivity contribution in [2.45, 2.75) is 47.6 Å². The molecule has 0 bridgehead atoms. The van der Waals surface area contributed by atoms with Crippen LogP contribution in [-0.2, 0) is 11.3 Å². The van der Waals surface area contributed by atoms with Gasteiger partial charge in [-0.1, -0.05) is 39.0 Å². The minimum absolute atomic E-state index is 0.0418. The van der Waals surface area contributed by atoms with E-state index >= 15 is 0 Å². The molecular formula is C24H29FN2O. The van der Waals surface area contributed by atoms with Crippen molar-refractivity contribution >= 4 is 23.4 Å². The number of nitrogens with zero attached hydrogens (tertiary/aromatic N) is 1. The van der Waals surface area contributed by atoms with Crippen LogP contribution in [0.4, 0.5) is 15.8 Å². The van der Waals surface area contributed by atoms with Crippen LogP contribution in [0.5, 0.6) is 0 Å². The van der Waals surface area contributed by atoms with Crippen molar-refractivity contribution in [3.05, 3.63) is 64.5 Å². The van der Waals surface area contributed by atoms with E-state index in [0.29, 0.717) is 6.42 Å². The number of carbonyl (C=O) groups excluding carboxylic acids is 1. The van der Waals surface area contributed by atoms with E-state index in [-0.39, 0.29) is 17.1 Å². The number of rotatable bonds is 3. The van der Waals surface area contributed by atoms with Gasteiger partial charge in [-0.2, -0.15) is 0 Å². The number of aryl methyl sites for hydroxylation is 2. The summed E-state index contributed by atoms with van der Waals surface area (Å²) in [4.78, 5) is 14.6. The minimum Gasteiger partial charge on any atom is -0.363 e. The fraction of sp³-hybridized carbons (Fsp3) is 0.375. The number of hydrogen-bond acceptors (Lipinski definition) is 2. The van der Waals surface area contributed by atoms with Gasteiger partial charge in [-0.05, 0) is 65.8 Å². The fourth-order valence-corrected chi connectivity index (χ4v) is 3.62. The maximum absolute atomic E-state index is 13.5. The van der Waals surface area contributed by atoms with Gasteiger partial charge in [0, 0.05) is 30.9 Å². The number of hydrogen-bond donors (Lipinski definition) is 1. The molecule has 1 aliphatic rings. The Bertz CT molecular complexity index is 902.